The van der Waals surface area contributed by atoms with Crippen LogP contribution in [0.5, 0.6) is 0 Å². The molecule has 2 aromatic carbocycles. The summed E-state index contributed by atoms with van der Waals surface area (Å²) in [6.45, 7) is 3.72. The Bertz CT molecular complexity index is 1220. The van der Waals surface area contributed by atoms with Crippen LogP contribution < -0.4 is 10.2 Å². The van der Waals surface area contributed by atoms with E-state index in [9.17, 15) is 14.9 Å². The predicted octanol–water partition coefficient (Wildman–Crippen LogP) is 5.29. The van der Waals surface area contributed by atoms with E-state index in [2.05, 4.69) is 25.0 Å². The number of thioether (sulfide) groups is 1. The van der Waals surface area contributed by atoms with Crippen LogP contribution >= 0.6 is 11.8 Å². The maximum absolute atomic E-state index is 13.6. The van der Waals surface area contributed by atoms with Crippen LogP contribution in [0.4, 0.5) is 17.3 Å². The molecule has 1 amide bonds. The molecule has 1 aromatic heterocycles. The highest BCUT2D eigenvalue weighted by molar-refractivity contribution is 8.00. The van der Waals surface area contributed by atoms with Crippen molar-refractivity contribution in [1.82, 2.24) is 14.8 Å². The summed E-state index contributed by atoms with van der Waals surface area (Å²) >= 11 is 1.35. The van der Waals surface area contributed by atoms with Gasteiger partial charge in [0, 0.05) is 25.2 Å². The Hall–Kier alpha value is -3.40. The SMILES string of the molecule is Cc1ccc(NC(=O)C(Sc2nnc(N3CCCCC3)n2C2CC2)c2ccccc2)c([N+](=O)[O-])c1. The van der Waals surface area contributed by atoms with Gasteiger partial charge in [0.15, 0.2) is 5.16 Å². The fourth-order valence-electron chi connectivity index (χ4n) is 4.41. The lowest BCUT2D eigenvalue weighted by atomic mass is 10.1. The van der Waals surface area contributed by atoms with E-state index in [-0.39, 0.29) is 17.3 Å². The number of nitrogens with zero attached hydrogens (tertiary/aromatic N) is 5. The molecule has 2 fully saturated rings. The van der Waals surface area contributed by atoms with Gasteiger partial charge < -0.3 is 10.2 Å². The van der Waals surface area contributed by atoms with Gasteiger partial charge in [-0.2, -0.15) is 0 Å². The van der Waals surface area contributed by atoms with Gasteiger partial charge in [0.1, 0.15) is 10.9 Å². The number of nitro benzene ring substituents is 1. The van der Waals surface area contributed by atoms with Crippen molar-refractivity contribution in [2.45, 2.75) is 55.5 Å². The van der Waals surface area contributed by atoms with Crippen molar-refractivity contribution in [1.29, 1.82) is 0 Å². The topological polar surface area (TPSA) is 106 Å². The minimum Gasteiger partial charge on any atom is -0.341 e. The minimum atomic E-state index is -0.645. The normalized spacial score (nSPS) is 16.7. The van der Waals surface area contributed by atoms with Gasteiger partial charge in [0.2, 0.25) is 11.9 Å². The molecule has 182 valence electrons. The first-order chi connectivity index (χ1) is 17.0. The highest BCUT2D eigenvalue weighted by Gasteiger charge is 2.34. The molecule has 0 radical (unpaired) electrons. The average Bonchev–Trinajstić information content (AvgIpc) is 3.63. The van der Waals surface area contributed by atoms with Crippen LogP contribution in [-0.4, -0.2) is 38.7 Å². The zero-order valence-corrected chi connectivity index (χ0v) is 20.4. The quantitative estimate of drug-likeness (QED) is 0.259. The van der Waals surface area contributed by atoms with E-state index in [0.717, 1.165) is 55.8 Å². The Balaban J connectivity index is 1.46. The molecule has 1 atom stereocenters. The first-order valence-electron chi connectivity index (χ1n) is 12.0. The van der Waals surface area contributed by atoms with Gasteiger partial charge in [-0.05, 0) is 56.2 Å². The summed E-state index contributed by atoms with van der Waals surface area (Å²) in [6, 6.07) is 14.6. The molecule has 1 N–H and O–H groups in total. The van der Waals surface area contributed by atoms with E-state index >= 15 is 0 Å². The summed E-state index contributed by atoms with van der Waals surface area (Å²) in [4.78, 5) is 27.0. The average molecular weight is 493 g/mol. The molecule has 9 nitrogen and oxygen atoms in total. The molecule has 35 heavy (non-hydrogen) atoms. The number of aromatic nitrogens is 3. The highest BCUT2D eigenvalue weighted by Crippen LogP contribution is 2.44. The minimum absolute atomic E-state index is 0.122. The third-order valence-corrected chi connectivity index (χ3v) is 7.58. The smallest absolute Gasteiger partial charge is 0.293 e. The summed E-state index contributed by atoms with van der Waals surface area (Å²) in [5, 5.41) is 23.5. The number of piperidine rings is 1. The number of amides is 1. The zero-order chi connectivity index (χ0) is 24.4. The lowest BCUT2D eigenvalue weighted by Gasteiger charge is -2.28. The number of rotatable bonds is 8. The number of benzene rings is 2. The largest absolute Gasteiger partial charge is 0.341 e. The van der Waals surface area contributed by atoms with Crippen molar-refractivity contribution >= 4 is 35.0 Å². The maximum atomic E-state index is 13.6. The van der Waals surface area contributed by atoms with Gasteiger partial charge in [0.25, 0.3) is 5.69 Å². The first kappa shape index (κ1) is 23.3. The molecule has 2 heterocycles. The number of carbonyl (C=O) groups is 1. The molecular formula is C25H28N6O3S. The second-order valence-electron chi connectivity index (χ2n) is 9.11. The molecule has 5 rings (SSSR count). The van der Waals surface area contributed by atoms with Crippen LogP contribution in [0.2, 0.25) is 0 Å². The number of hydrogen-bond acceptors (Lipinski definition) is 7. The first-order valence-corrected chi connectivity index (χ1v) is 12.9. The van der Waals surface area contributed by atoms with Crippen LogP contribution in [0.25, 0.3) is 0 Å². The fourth-order valence-corrected chi connectivity index (χ4v) is 5.52. The lowest BCUT2D eigenvalue weighted by molar-refractivity contribution is -0.384. The van der Waals surface area contributed by atoms with Crippen LogP contribution in [0.1, 0.15) is 54.5 Å². The molecule has 10 heteroatoms. The number of nitro groups is 1. The van der Waals surface area contributed by atoms with Gasteiger partial charge >= 0.3 is 0 Å². The molecule has 1 saturated carbocycles. The van der Waals surface area contributed by atoms with E-state index in [4.69, 9.17) is 0 Å². The Morgan fingerprint density at radius 1 is 1.11 bits per heavy atom. The number of anilines is 2. The van der Waals surface area contributed by atoms with Crippen molar-refractivity contribution < 1.29 is 9.72 Å². The van der Waals surface area contributed by atoms with E-state index in [0.29, 0.717) is 11.2 Å². The van der Waals surface area contributed by atoms with E-state index in [1.807, 2.05) is 30.3 Å². The van der Waals surface area contributed by atoms with E-state index in [1.54, 1.807) is 19.1 Å². The molecule has 0 spiro atoms. The predicted molar refractivity (Wildman–Crippen MR) is 136 cm³/mol. The van der Waals surface area contributed by atoms with Crippen molar-refractivity contribution in [2.24, 2.45) is 0 Å². The molecule has 2 aliphatic rings. The van der Waals surface area contributed by atoms with Gasteiger partial charge in [-0.15, -0.1) is 10.2 Å². The van der Waals surface area contributed by atoms with Crippen LogP contribution in [0.15, 0.2) is 53.7 Å². The number of nitrogens with one attached hydrogen (secondary N) is 1. The van der Waals surface area contributed by atoms with E-state index in [1.165, 1.54) is 24.2 Å². The Morgan fingerprint density at radius 2 is 1.86 bits per heavy atom. The summed E-state index contributed by atoms with van der Waals surface area (Å²) in [5.41, 5.74) is 1.62. The van der Waals surface area contributed by atoms with E-state index < -0.39 is 10.2 Å². The molecule has 0 bridgehead atoms. The van der Waals surface area contributed by atoms with Gasteiger partial charge in [-0.3, -0.25) is 19.5 Å². The third-order valence-electron chi connectivity index (χ3n) is 6.37. The molecule has 1 saturated heterocycles. The van der Waals surface area contributed by atoms with Crippen molar-refractivity contribution in [3.05, 3.63) is 69.8 Å². The van der Waals surface area contributed by atoms with Crippen molar-refractivity contribution in [2.75, 3.05) is 23.3 Å². The van der Waals surface area contributed by atoms with Gasteiger partial charge in [-0.1, -0.05) is 48.2 Å². The second-order valence-corrected chi connectivity index (χ2v) is 10.2. The fraction of sp³-hybridized carbons (Fsp3) is 0.400. The Kier molecular flexibility index (Phi) is 6.72. The Morgan fingerprint density at radius 3 is 2.54 bits per heavy atom. The highest BCUT2D eigenvalue weighted by atomic mass is 32.2. The monoisotopic (exact) mass is 492 g/mol. The molecule has 1 aliphatic carbocycles. The summed E-state index contributed by atoms with van der Waals surface area (Å²) < 4.78 is 2.19. The summed E-state index contributed by atoms with van der Waals surface area (Å²) in [6.07, 6.45) is 5.67. The van der Waals surface area contributed by atoms with Crippen molar-refractivity contribution in [3.63, 3.8) is 0 Å². The summed E-state index contributed by atoms with van der Waals surface area (Å²) in [5.74, 6) is 0.550. The number of aryl methyl sites for hydroxylation is 1. The van der Waals surface area contributed by atoms with Crippen molar-refractivity contribution in [3.8, 4) is 0 Å². The number of carbonyl (C=O) groups excluding carboxylic acids is 1. The molecule has 1 aliphatic heterocycles. The summed E-state index contributed by atoms with van der Waals surface area (Å²) in [7, 11) is 0. The molecule has 1 unspecified atom stereocenters. The second kappa shape index (κ2) is 10.1. The zero-order valence-electron chi connectivity index (χ0n) is 19.6. The standard InChI is InChI=1S/C25H28N6O3S/c1-17-10-13-20(21(16-17)31(33)34)26-23(32)22(18-8-4-2-5-9-18)35-25-28-27-24(30(25)19-11-12-19)29-14-6-3-7-15-29/h2,4-5,8-10,13,16,19,22H,3,6-7,11-12,14-15H2,1H3,(H,26,32). The molecule has 3 aromatic rings. The lowest BCUT2D eigenvalue weighted by Crippen LogP contribution is -2.32. The van der Waals surface area contributed by atoms with Gasteiger partial charge in [-0.25, -0.2) is 0 Å². The Labute approximate surface area is 208 Å². The van der Waals surface area contributed by atoms with Crippen LogP contribution in [-0.2, 0) is 4.79 Å². The van der Waals surface area contributed by atoms with Crippen LogP contribution in [0.3, 0.4) is 0 Å². The third kappa shape index (κ3) is 5.17. The number of hydrogen-bond donors (Lipinski definition) is 1. The maximum Gasteiger partial charge on any atom is 0.293 e. The van der Waals surface area contributed by atoms with Crippen LogP contribution in [0, 0.1) is 17.0 Å². The van der Waals surface area contributed by atoms with Gasteiger partial charge in [0.05, 0.1) is 4.92 Å². The molecular weight excluding hydrogens is 464 g/mol.